The maximum Gasteiger partial charge on any atom is 0.240 e. The van der Waals surface area contributed by atoms with E-state index in [0.717, 1.165) is 9.79 Å². The summed E-state index contributed by atoms with van der Waals surface area (Å²) in [5.41, 5.74) is 0.635. The van der Waals surface area contributed by atoms with Crippen molar-refractivity contribution in [2.75, 3.05) is 0 Å². The molecule has 3 heteroatoms. The fourth-order valence-corrected chi connectivity index (χ4v) is 2.19. The fraction of sp³-hybridized carbons (Fsp3) is 0. The second-order valence-corrected chi connectivity index (χ2v) is 4.26. The number of hydrogen-bond acceptors (Lipinski definition) is 3. The predicted molar refractivity (Wildman–Crippen MR) is 64.8 cm³/mol. The smallest absolute Gasteiger partial charge is 0.211 e. The van der Waals surface area contributed by atoms with Crippen LogP contribution in [0.5, 0.6) is 0 Å². The molecule has 0 atom stereocenters. The van der Waals surface area contributed by atoms with Gasteiger partial charge in [0.25, 0.3) is 0 Å². The highest BCUT2D eigenvalue weighted by Gasteiger charge is 1.97. The molecule has 0 radical (unpaired) electrons. The highest BCUT2D eigenvalue weighted by molar-refractivity contribution is 7.99. The summed E-state index contributed by atoms with van der Waals surface area (Å²) in [6.07, 6.45) is 1.54. The van der Waals surface area contributed by atoms with Crippen molar-refractivity contribution >= 4 is 23.5 Å². The van der Waals surface area contributed by atoms with Crippen LogP contribution in [0.4, 0.5) is 5.69 Å². The normalized spacial score (nSPS) is 9.50. The molecule has 0 aromatic heterocycles. The van der Waals surface area contributed by atoms with Crippen molar-refractivity contribution in [3.63, 3.8) is 0 Å². The zero-order chi connectivity index (χ0) is 11.2. The van der Waals surface area contributed by atoms with Gasteiger partial charge in [-0.3, -0.25) is 0 Å². The Balaban J connectivity index is 2.22. The van der Waals surface area contributed by atoms with E-state index in [-0.39, 0.29) is 0 Å². The monoisotopic (exact) mass is 227 g/mol. The topological polar surface area (TPSA) is 29.4 Å². The molecule has 0 heterocycles. The molecule has 2 aromatic carbocycles. The van der Waals surface area contributed by atoms with Gasteiger partial charge < -0.3 is 0 Å². The molecule has 2 nitrogen and oxygen atoms in total. The van der Waals surface area contributed by atoms with Crippen LogP contribution in [0, 0.1) is 0 Å². The van der Waals surface area contributed by atoms with Crippen LogP contribution in [0.1, 0.15) is 0 Å². The Morgan fingerprint density at radius 2 is 1.69 bits per heavy atom. The summed E-state index contributed by atoms with van der Waals surface area (Å²) >= 11 is 1.64. The molecule has 0 aliphatic carbocycles. The van der Waals surface area contributed by atoms with Gasteiger partial charge in [0.15, 0.2) is 0 Å². The first kappa shape index (κ1) is 10.7. The molecule has 0 spiro atoms. The van der Waals surface area contributed by atoms with E-state index in [4.69, 9.17) is 0 Å². The summed E-state index contributed by atoms with van der Waals surface area (Å²) < 4.78 is 0. The lowest BCUT2D eigenvalue weighted by Crippen LogP contribution is -1.72. The van der Waals surface area contributed by atoms with Crippen LogP contribution in [0.2, 0.25) is 0 Å². The van der Waals surface area contributed by atoms with Crippen molar-refractivity contribution < 1.29 is 4.79 Å². The van der Waals surface area contributed by atoms with Crippen molar-refractivity contribution in [1.82, 2.24) is 0 Å². The minimum Gasteiger partial charge on any atom is -0.211 e. The molecule has 0 saturated heterocycles. The second-order valence-electron chi connectivity index (χ2n) is 3.12. The van der Waals surface area contributed by atoms with E-state index < -0.39 is 0 Å². The molecule has 0 bridgehead atoms. The van der Waals surface area contributed by atoms with Gasteiger partial charge in [0.2, 0.25) is 6.08 Å². The lowest BCUT2D eigenvalue weighted by atomic mass is 10.3. The van der Waals surface area contributed by atoms with Gasteiger partial charge in [0.1, 0.15) is 0 Å². The molecule has 2 rings (SSSR count). The van der Waals surface area contributed by atoms with Crippen LogP contribution >= 0.6 is 11.8 Å². The van der Waals surface area contributed by atoms with E-state index in [2.05, 4.69) is 4.99 Å². The maximum absolute atomic E-state index is 10.1. The van der Waals surface area contributed by atoms with Gasteiger partial charge >= 0.3 is 0 Å². The lowest BCUT2D eigenvalue weighted by Gasteiger charge is -2.01. The van der Waals surface area contributed by atoms with Gasteiger partial charge in [0.05, 0.1) is 5.69 Å². The molecule has 0 unspecified atom stereocenters. The Kier molecular flexibility index (Phi) is 3.54. The van der Waals surface area contributed by atoms with Crippen molar-refractivity contribution in [1.29, 1.82) is 0 Å². The van der Waals surface area contributed by atoms with E-state index >= 15 is 0 Å². The van der Waals surface area contributed by atoms with Crippen LogP contribution in [-0.2, 0) is 4.79 Å². The van der Waals surface area contributed by atoms with E-state index in [9.17, 15) is 4.79 Å². The van der Waals surface area contributed by atoms with Gasteiger partial charge in [-0.2, -0.15) is 4.99 Å². The molecular weight excluding hydrogens is 218 g/mol. The third-order valence-corrected chi connectivity index (χ3v) is 2.97. The van der Waals surface area contributed by atoms with Crippen LogP contribution in [0.15, 0.2) is 69.4 Å². The summed E-state index contributed by atoms with van der Waals surface area (Å²) in [5.74, 6) is 0. The zero-order valence-corrected chi connectivity index (χ0v) is 9.28. The van der Waals surface area contributed by atoms with Crippen molar-refractivity contribution in [3.8, 4) is 0 Å². The molecule has 0 aliphatic rings. The number of carbonyl (C=O) groups excluding carboxylic acids is 1. The average Bonchev–Trinajstić information content (AvgIpc) is 2.31. The number of hydrogen-bond donors (Lipinski definition) is 0. The quantitative estimate of drug-likeness (QED) is 0.589. The van der Waals surface area contributed by atoms with Gasteiger partial charge in [-0.1, -0.05) is 36.0 Å². The Bertz CT molecular complexity index is 518. The Hall–Kier alpha value is -1.83. The SMILES string of the molecule is O=C=Nc1cccc(Sc2ccccc2)c1. The Morgan fingerprint density at radius 3 is 2.44 bits per heavy atom. The first-order valence-corrected chi connectivity index (χ1v) is 5.61. The molecule has 0 aliphatic heterocycles. The summed E-state index contributed by atoms with van der Waals surface area (Å²) in [6.45, 7) is 0. The molecule has 0 fully saturated rings. The molecule has 0 saturated carbocycles. The average molecular weight is 227 g/mol. The standard InChI is InChI=1S/C13H9NOS/c15-10-14-11-5-4-8-13(9-11)16-12-6-2-1-3-7-12/h1-9H. The lowest BCUT2D eigenvalue weighted by molar-refractivity contribution is 0.565. The van der Waals surface area contributed by atoms with Gasteiger partial charge in [0, 0.05) is 9.79 Å². The minimum atomic E-state index is 0.635. The molecule has 78 valence electrons. The van der Waals surface area contributed by atoms with Gasteiger partial charge in [-0.25, -0.2) is 4.79 Å². The van der Waals surface area contributed by atoms with E-state index in [1.165, 1.54) is 0 Å². The molecule has 0 N–H and O–H groups in total. The molecule has 0 amide bonds. The fourth-order valence-electron chi connectivity index (χ4n) is 1.29. The first-order chi connectivity index (χ1) is 7.88. The van der Waals surface area contributed by atoms with Crippen LogP contribution in [0.3, 0.4) is 0 Å². The molecular formula is C13H9NOS. The first-order valence-electron chi connectivity index (χ1n) is 4.79. The van der Waals surface area contributed by atoms with Crippen molar-refractivity contribution in [2.45, 2.75) is 9.79 Å². The predicted octanol–water partition coefficient (Wildman–Crippen LogP) is 3.81. The van der Waals surface area contributed by atoms with Crippen molar-refractivity contribution in [3.05, 3.63) is 54.6 Å². The van der Waals surface area contributed by atoms with Crippen LogP contribution in [-0.4, -0.2) is 6.08 Å². The number of benzene rings is 2. The Morgan fingerprint density at radius 1 is 0.938 bits per heavy atom. The number of nitrogens with zero attached hydrogens (tertiary/aromatic N) is 1. The summed E-state index contributed by atoms with van der Waals surface area (Å²) in [5, 5.41) is 0. The summed E-state index contributed by atoms with van der Waals surface area (Å²) in [6, 6.07) is 17.6. The zero-order valence-electron chi connectivity index (χ0n) is 8.46. The highest BCUT2D eigenvalue weighted by atomic mass is 32.2. The number of isocyanates is 1. The van der Waals surface area contributed by atoms with Gasteiger partial charge in [-0.15, -0.1) is 0 Å². The van der Waals surface area contributed by atoms with E-state index in [1.807, 2.05) is 48.5 Å². The second kappa shape index (κ2) is 5.31. The molecule has 16 heavy (non-hydrogen) atoms. The van der Waals surface area contributed by atoms with Gasteiger partial charge in [-0.05, 0) is 30.3 Å². The highest BCUT2D eigenvalue weighted by Crippen LogP contribution is 2.29. The molecule has 2 aromatic rings. The third kappa shape index (κ3) is 2.83. The van der Waals surface area contributed by atoms with E-state index in [0.29, 0.717) is 5.69 Å². The van der Waals surface area contributed by atoms with Crippen LogP contribution < -0.4 is 0 Å². The third-order valence-electron chi connectivity index (χ3n) is 1.97. The van der Waals surface area contributed by atoms with E-state index in [1.54, 1.807) is 23.9 Å². The van der Waals surface area contributed by atoms with Crippen molar-refractivity contribution in [2.24, 2.45) is 4.99 Å². The number of rotatable bonds is 3. The van der Waals surface area contributed by atoms with Crippen LogP contribution in [0.25, 0.3) is 0 Å². The number of aliphatic imine (C=N–C) groups is 1. The Labute approximate surface area is 98.0 Å². The summed E-state index contributed by atoms with van der Waals surface area (Å²) in [7, 11) is 0. The maximum atomic E-state index is 10.1. The largest absolute Gasteiger partial charge is 0.240 e. The minimum absolute atomic E-state index is 0.635. The summed E-state index contributed by atoms with van der Waals surface area (Å²) in [4.78, 5) is 16.0.